The van der Waals surface area contributed by atoms with E-state index in [1.165, 1.54) is 24.3 Å². The quantitative estimate of drug-likeness (QED) is 0.265. The van der Waals surface area contributed by atoms with Crippen molar-refractivity contribution in [2.45, 2.75) is 21.1 Å². The third kappa shape index (κ3) is 4.02. The zero-order valence-corrected chi connectivity index (χ0v) is 19.1. The van der Waals surface area contributed by atoms with E-state index in [2.05, 4.69) is 0 Å². The number of ether oxygens (including phenoxy) is 1. The number of aliphatic carboxylic acids is 1. The zero-order valence-electron chi connectivity index (χ0n) is 16.7. The molecule has 15 heteroatoms. The van der Waals surface area contributed by atoms with E-state index in [0.717, 1.165) is 6.07 Å². The maximum absolute atomic E-state index is 12.2. The second kappa shape index (κ2) is 7.72. The molecule has 0 unspecified atom stereocenters. The van der Waals surface area contributed by atoms with Gasteiger partial charge in [-0.1, -0.05) is 18.2 Å². The van der Waals surface area contributed by atoms with Gasteiger partial charge in [-0.15, -0.1) is 0 Å². The van der Waals surface area contributed by atoms with Gasteiger partial charge < -0.3 is 9.84 Å². The van der Waals surface area contributed by atoms with Gasteiger partial charge in [0.05, 0.1) is 0 Å². The summed E-state index contributed by atoms with van der Waals surface area (Å²) in [6, 6.07) is 3.92. The van der Waals surface area contributed by atoms with E-state index in [0.29, 0.717) is 6.07 Å². The van der Waals surface area contributed by atoms with Crippen molar-refractivity contribution < 1.29 is 53.5 Å². The van der Waals surface area contributed by atoms with Gasteiger partial charge in [0.25, 0.3) is 30.4 Å². The number of rotatable bonds is 6. The minimum atomic E-state index is -5.05. The molecule has 0 saturated carbocycles. The number of carboxylic acids is 1. The van der Waals surface area contributed by atoms with Crippen molar-refractivity contribution in [1.82, 2.24) is 0 Å². The molecule has 0 bridgehead atoms. The summed E-state index contributed by atoms with van der Waals surface area (Å²) in [6.45, 7) is -0.899. The highest BCUT2D eigenvalue weighted by molar-refractivity contribution is 7.87. The maximum Gasteiger partial charge on any atom is 0.341 e. The molecule has 180 valence electrons. The molecular formula is C19H14O12S3. The van der Waals surface area contributed by atoms with Crippen LogP contribution in [0.3, 0.4) is 0 Å². The first-order valence-electron chi connectivity index (χ1n) is 9.13. The van der Waals surface area contributed by atoms with Gasteiger partial charge in [-0.3, -0.25) is 13.7 Å². The third-order valence-corrected chi connectivity index (χ3v) is 7.89. The van der Waals surface area contributed by atoms with Crippen LogP contribution < -0.4 is 4.74 Å². The SMILES string of the molecule is O=C(O)COc1cc(S(=O)(=O)O)c2c3c1ccc1c(S(=O)(=O)O)cc(S(=O)(=O)O)c(c13)C=CC2. The molecule has 0 aliphatic heterocycles. The zero-order chi connectivity index (χ0) is 25.2. The van der Waals surface area contributed by atoms with Crippen molar-refractivity contribution in [3.05, 3.63) is 41.5 Å². The molecule has 3 aromatic carbocycles. The van der Waals surface area contributed by atoms with Crippen LogP contribution in [-0.2, 0) is 41.6 Å². The van der Waals surface area contributed by atoms with E-state index in [4.69, 9.17) is 9.84 Å². The molecule has 0 heterocycles. The molecular weight excluding hydrogens is 516 g/mol. The Bertz CT molecular complexity index is 1770. The number of allylic oxidation sites excluding steroid dienone is 1. The van der Waals surface area contributed by atoms with Crippen LogP contribution in [0, 0.1) is 0 Å². The Hall–Kier alpha value is -3.08. The van der Waals surface area contributed by atoms with Crippen molar-refractivity contribution in [1.29, 1.82) is 0 Å². The fourth-order valence-electron chi connectivity index (χ4n) is 3.99. The predicted molar refractivity (Wildman–Crippen MR) is 117 cm³/mol. The first kappa shape index (κ1) is 24.1. The van der Waals surface area contributed by atoms with E-state index < -0.39 is 57.6 Å². The van der Waals surface area contributed by atoms with Crippen LogP contribution in [-0.4, -0.2) is 56.6 Å². The smallest absolute Gasteiger partial charge is 0.341 e. The van der Waals surface area contributed by atoms with Gasteiger partial charge in [0.1, 0.15) is 20.4 Å². The first-order chi connectivity index (χ1) is 15.6. The number of benzene rings is 3. The first-order valence-corrected chi connectivity index (χ1v) is 13.5. The average Bonchev–Trinajstić information content (AvgIpc) is 2.88. The predicted octanol–water partition coefficient (Wildman–Crippen LogP) is 1.77. The van der Waals surface area contributed by atoms with E-state index >= 15 is 0 Å². The van der Waals surface area contributed by atoms with Crippen molar-refractivity contribution >= 4 is 63.9 Å². The Morgan fingerprint density at radius 3 is 1.97 bits per heavy atom. The molecule has 1 aliphatic carbocycles. The second-order valence-electron chi connectivity index (χ2n) is 7.26. The van der Waals surface area contributed by atoms with Crippen LogP contribution in [0.5, 0.6) is 5.75 Å². The Morgan fingerprint density at radius 2 is 1.41 bits per heavy atom. The molecule has 0 spiro atoms. The highest BCUT2D eigenvalue weighted by Crippen LogP contribution is 2.44. The minimum Gasteiger partial charge on any atom is -0.481 e. The summed E-state index contributed by atoms with van der Waals surface area (Å²) in [5.74, 6) is -1.71. The molecule has 0 aromatic heterocycles. The molecule has 0 saturated heterocycles. The molecule has 34 heavy (non-hydrogen) atoms. The standard InChI is InChI=1S/C19H14O12S3/c20-17(21)8-31-13-6-14(32(22,23)24)10-2-1-3-11-15(33(25,26)27)7-16(34(28,29)30)12-5-4-9(13)18(10)19(11)12/h1,3-7H,2,8H2,(H,20,21)(H,22,23,24)(H,25,26,27)(H,28,29,30). The highest BCUT2D eigenvalue weighted by atomic mass is 32.2. The van der Waals surface area contributed by atoms with Gasteiger partial charge in [-0.2, -0.15) is 25.3 Å². The average molecular weight is 531 g/mol. The minimum absolute atomic E-state index is 0.0647. The molecule has 0 fully saturated rings. The van der Waals surface area contributed by atoms with Crippen LogP contribution in [0.4, 0.5) is 0 Å². The Kier molecular flexibility index (Phi) is 5.47. The van der Waals surface area contributed by atoms with Gasteiger partial charge in [-0.05, 0) is 34.9 Å². The lowest BCUT2D eigenvalue weighted by Gasteiger charge is -2.18. The number of hydrogen-bond acceptors (Lipinski definition) is 8. The summed E-state index contributed by atoms with van der Waals surface area (Å²) in [5.41, 5.74) is -0.291. The lowest BCUT2D eigenvalue weighted by Crippen LogP contribution is -2.12. The second-order valence-corrected chi connectivity index (χ2v) is 11.4. The number of carbonyl (C=O) groups is 1. The Labute approximate surface area is 192 Å². The monoisotopic (exact) mass is 530 g/mol. The molecule has 0 radical (unpaired) electrons. The summed E-state index contributed by atoms with van der Waals surface area (Å²) >= 11 is 0. The normalized spacial score (nSPS) is 14.0. The van der Waals surface area contributed by atoms with Gasteiger partial charge in [0, 0.05) is 22.4 Å². The highest BCUT2D eigenvalue weighted by Gasteiger charge is 2.30. The van der Waals surface area contributed by atoms with Crippen LogP contribution in [0.15, 0.2) is 45.0 Å². The molecule has 1 aliphatic rings. The lowest BCUT2D eigenvalue weighted by atomic mass is 9.94. The van der Waals surface area contributed by atoms with Gasteiger partial charge in [0.2, 0.25) is 0 Å². The molecule has 12 nitrogen and oxygen atoms in total. The van der Waals surface area contributed by atoms with Crippen LogP contribution in [0.1, 0.15) is 11.1 Å². The largest absolute Gasteiger partial charge is 0.481 e. The number of carboxylic acid groups (broad SMARTS) is 1. The molecule has 4 N–H and O–H groups in total. The van der Waals surface area contributed by atoms with Gasteiger partial charge >= 0.3 is 5.97 Å². The van der Waals surface area contributed by atoms with Gasteiger partial charge in [0.15, 0.2) is 6.61 Å². The third-order valence-electron chi connectivity index (χ3n) is 5.19. The molecule has 0 atom stereocenters. The van der Waals surface area contributed by atoms with E-state index in [1.807, 2.05) is 0 Å². The van der Waals surface area contributed by atoms with Crippen molar-refractivity contribution in [3.63, 3.8) is 0 Å². The van der Waals surface area contributed by atoms with Gasteiger partial charge in [-0.25, -0.2) is 4.79 Å². The summed E-state index contributed by atoms with van der Waals surface area (Å²) < 4.78 is 107. The van der Waals surface area contributed by atoms with Crippen LogP contribution in [0.2, 0.25) is 0 Å². The van der Waals surface area contributed by atoms with E-state index in [9.17, 15) is 43.7 Å². The molecule has 4 rings (SSSR count). The Morgan fingerprint density at radius 1 is 0.824 bits per heavy atom. The Balaban J connectivity index is 2.37. The van der Waals surface area contributed by atoms with Crippen LogP contribution in [0.25, 0.3) is 27.6 Å². The summed E-state index contributed by atoms with van der Waals surface area (Å²) in [5, 5.41) is 8.54. The fraction of sp³-hybridized carbons (Fsp3) is 0.105. The van der Waals surface area contributed by atoms with E-state index in [-0.39, 0.29) is 44.8 Å². The summed E-state index contributed by atoms with van der Waals surface area (Å²) in [4.78, 5) is 8.56. The van der Waals surface area contributed by atoms with Crippen molar-refractivity contribution in [2.75, 3.05) is 6.61 Å². The molecule has 0 amide bonds. The van der Waals surface area contributed by atoms with E-state index in [1.54, 1.807) is 0 Å². The summed E-state index contributed by atoms with van der Waals surface area (Å²) in [7, 11) is -15.0. The van der Waals surface area contributed by atoms with Crippen LogP contribution >= 0.6 is 0 Å². The lowest BCUT2D eigenvalue weighted by molar-refractivity contribution is -0.139. The maximum atomic E-state index is 12.2. The fourth-order valence-corrected chi connectivity index (χ4v) is 6.25. The van der Waals surface area contributed by atoms with Crippen molar-refractivity contribution in [3.8, 4) is 5.75 Å². The summed E-state index contributed by atoms with van der Waals surface area (Å²) in [6.07, 6.45) is 2.35. The topological polar surface area (TPSA) is 210 Å². The van der Waals surface area contributed by atoms with Crippen molar-refractivity contribution in [2.24, 2.45) is 0 Å². The molecule has 3 aromatic rings. The number of hydrogen-bond donors (Lipinski definition) is 4.